The maximum atomic E-state index is 12.9. The van der Waals surface area contributed by atoms with Crippen molar-refractivity contribution in [1.82, 2.24) is 0 Å². The summed E-state index contributed by atoms with van der Waals surface area (Å²) < 4.78 is 38.6. The highest BCUT2D eigenvalue weighted by Gasteiger charge is 2.33. The third-order valence-corrected chi connectivity index (χ3v) is 3.55. The van der Waals surface area contributed by atoms with E-state index < -0.39 is 11.7 Å². The minimum Gasteiger partial charge on any atom is -0.355 e. The lowest BCUT2D eigenvalue weighted by Gasteiger charge is -2.16. The average molecular weight is 314 g/mol. The molecule has 1 N–H and O–H groups in total. The molecule has 0 saturated carbocycles. The summed E-state index contributed by atoms with van der Waals surface area (Å²) in [4.78, 5) is 0. The van der Waals surface area contributed by atoms with Crippen molar-refractivity contribution in [3.63, 3.8) is 0 Å². The molecule has 2 aromatic rings. The van der Waals surface area contributed by atoms with E-state index in [1.165, 1.54) is 12.1 Å². The number of halogens is 4. The van der Waals surface area contributed by atoms with Crippen molar-refractivity contribution in [2.75, 3.05) is 5.32 Å². The van der Waals surface area contributed by atoms with Crippen molar-refractivity contribution in [1.29, 1.82) is 0 Å². The van der Waals surface area contributed by atoms with Crippen LogP contribution in [-0.2, 0) is 6.18 Å². The molecule has 2 rings (SSSR count). The van der Waals surface area contributed by atoms with Crippen LogP contribution in [0.25, 0.3) is 0 Å². The van der Waals surface area contributed by atoms with Crippen LogP contribution in [0.5, 0.6) is 0 Å². The zero-order valence-electron chi connectivity index (χ0n) is 11.9. The second-order valence-electron chi connectivity index (χ2n) is 5.09. The Kier molecular flexibility index (Phi) is 4.19. The van der Waals surface area contributed by atoms with Crippen LogP contribution in [0.4, 0.5) is 24.5 Å². The molecule has 0 atom stereocenters. The molecule has 1 nitrogen and oxygen atoms in total. The van der Waals surface area contributed by atoms with Gasteiger partial charge in [0.15, 0.2) is 0 Å². The van der Waals surface area contributed by atoms with Crippen molar-refractivity contribution in [2.45, 2.75) is 26.9 Å². The van der Waals surface area contributed by atoms with Gasteiger partial charge in [0.1, 0.15) is 0 Å². The van der Waals surface area contributed by atoms with E-state index in [0.717, 1.165) is 28.4 Å². The first kappa shape index (κ1) is 15.7. The zero-order chi connectivity index (χ0) is 15.8. The highest BCUT2D eigenvalue weighted by atomic mass is 35.5. The van der Waals surface area contributed by atoms with Gasteiger partial charge in [0.05, 0.1) is 10.6 Å². The molecule has 0 heterocycles. The van der Waals surface area contributed by atoms with E-state index in [1.807, 2.05) is 32.9 Å². The topological polar surface area (TPSA) is 12.0 Å². The lowest BCUT2D eigenvalue weighted by Crippen LogP contribution is -2.07. The van der Waals surface area contributed by atoms with Gasteiger partial charge in [-0.05, 0) is 50.1 Å². The molecular formula is C16H15ClF3N. The van der Waals surface area contributed by atoms with Crippen molar-refractivity contribution in [3.05, 3.63) is 57.6 Å². The van der Waals surface area contributed by atoms with E-state index in [1.54, 1.807) is 0 Å². The lowest BCUT2D eigenvalue weighted by molar-refractivity contribution is -0.137. The molecule has 0 aliphatic carbocycles. The van der Waals surface area contributed by atoms with Crippen molar-refractivity contribution < 1.29 is 13.2 Å². The molecule has 0 aliphatic rings. The maximum absolute atomic E-state index is 12.9. The number of aryl methyl sites for hydroxylation is 3. The summed E-state index contributed by atoms with van der Waals surface area (Å²) in [6.07, 6.45) is -4.47. The Morgan fingerprint density at radius 2 is 1.52 bits per heavy atom. The number of hydrogen-bond donors (Lipinski definition) is 1. The van der Waals surface area contributed by atoms with Crippen LogP contribution in [0.3, 0.4) is 0 Å². The predicted molar refractivity (Wildman–Crippen MR) is 80.4 cm³/mol. The largest absolute Gasteiger partial charge is 0.417 e. The summed E-state index contributed by atoms with van der Waals surface area (Å²) in [5, 5.41) is 2.75. The van der Waals surface area contributed by atoms with Crippen LogP contribution in [0.1, 0.15) is 22.3 Å². The molecule has 112 valence electrons. The number of anilines is 2. The van der Waals surface area contributed by atoms with Gasteiger partial charge in [-0.15, -0.1) is 0 Å². The van der Waals surface area contributed by atoms with Gasteiger partial charge in [0.25, 0.3) is 0 Å². The lowest BCUT2D eigenvalue weighted by atomic mass is 10.0. The van der Waals surface area contributed by atoms with Crippen LogP contribution in [0.2, 0.25) is 5.02 Å². The molecule has 21 heavy (non-hydrogen) atoms. The van der Waals surface area contributed by atoms with Gasteiger partial charge in [-0.25, -0.2) is 0 Å². The molecular weight excluding hydrogens is 299 g/mol. The molecule has 0 radical (unpaired) electrons. The molecule has 2 aromatic carbocycles. The van der Waals surface area contributed by atoms with Gasteiger partial charge in [0.2, 0.25) is 0 Å². The smallest absolute Gasteiger partial charge is 0.355 e. The van der Waals surface area contributed by atoms with Gasteiger partial charge >= 0.3 is 6.18 Å². The fraction of sp³-hybridized carbons (Fsp3) is 0.250. The molecule has 0 aromatic heterocycles. The summed E-state index contributed by atoms with van der Waals surface area (Å²) in [6, 6.07) is 7.79. The summed E-state index contributed by atoms with van der Waals surface area (Å²) in [5.74, 6) is 0. The summed E-state index contributed by atoms with van der Waals surface area (Å²) >= 11 is 5.62. The number of nitrogens with one attached hydrogen (secondary N) is 1. The summed E-state index contributed by atoms with van der Waals surface area (Å²) in [6.45, 7) is 5.82. The van der Waals surface area contributed by atoms with Gasteiger partial charge in [0, 0.05) is 11.4 Å². The van der Waals surface area contributed by atoms with E-state index in [0.29, 0.717) is 5.69 Å². The molecule has 0 fully saturated rings. The van der Waals surface area contributed by atoms with Crippen molar-refractivity contribution in [2.24, 2.45) is 0 Å². The predicted octanol–water partition coefficient (Wildman–Crippen LogP) is 6.03. The van der Waals surface area contributed by atoms with Gasteiger partial charge in [-0.2, -0.15) is 13.2 Å². The first-order chi connectivity index (χ1) is 9.68. The normalized spacial score (nSPS) is 11.6. The zero-order valence-corrected chi connectivity index (χ0v) is 12.7. The van der Waals surface area contributed by atoms with Crippen molar-refractivity contribution >= 4 is 23.0 Å². The van der Waals surface area contributed by atoms with E-state index in [9.17, 15) is 13.2 Å². The molecule has 0 unspecified atom stereocenters. The molecule has 5 heteroatoms. The minimum absolute atomic E-state index is 0.301. The van der Waals surface area contributed by atoms with E-state index in [-0.39, 0.29) is 5.02 Å². The second-order valence-corrected chi connectivity index (χ2v) is 5.50. The number of hydrogen-bond acceptors (Lipinski definition) is 1. The Bertz CT molecular complexity index is 655. The van der Waals surface area contributed by atoms with Crippen LogP contribution >= 0.6 is 11.6 Å². The maximum Gasteiger partial charge on any atom is 0.417 e. The van der Waals surface area contributed by atoms with E-state index >= 15 is 0 Å². The van der Waals surface area contributed by atoms with E-state index in [4.69, 9.17) is 11.6 Å². The Labute approximate surface area is 126 Å². The molecule has 0 spiro atoms. The van der Waals surface area contributed by atoms with Gasteiger partial charge in [-0.1, -0.05) is 29.3 Å². The van der Waals surface area contributed by atoms with Crippen molar-refractivity contribution in [3.8, 4) is 0 Å². The number of alkyl halides is 3. The van der Waals surface area contributed by atoms with Crippen LogP contribution < -0.4 is 5.32 Å². The average Bonchev–Trinajstić information content (AvgIpc) is 2.34. The van der Waals surface area contributed by atoms with Gasteiger partial charge in [-0.3, -0.25) is 0 Å². The Morgan fingerprint density at radius 3 is 2.05 bits per heavy atom. The molecule has 0 bridgehead atoms. The molecule has 0 saturated heterocycles. The quantitative estimate of drug-likeness (QED) is 0.714. The summed E-state index contributed by atoms with van der Waals surface area (Å²) in [5.41, 5.74) is 3.42. The molecule has 0 aliphatic heterocycles. The Morgan fingerprint density at radius 1 is 0.952 bits per heavy atom. The first-order valence-electron chi connectivity index (χ1n) is 6.40. The van der Waals surface area contributed by atoms with Crippen LogP contribution in [0.15, 0.2) is 30.3 Å². The fourth-order valence-electron chi connectivity index (χ4n) is 2.34. The van der Waals surface area contributed by atoms with Crippen LogP contribution in [0, 0.1) is 20.8 Å². The highest BCUT2D eigenvalue weighted by Crippen LogP contribution is 2.37. The minimum atomic E-state index is -4.47. The van der Waals surface area contributed by atoms with E-state index in [2.05, 4.69) is 5.32 Å². The fourth-order valence-corrected chi connectivity index (χ4v) is 2.57. The SMILES string of the molecule is Cc1cc(C)c(Nc2ccc(Cl)c(C(F)(F)F)c2)c(C)c1. The summed E-state index contributed by atoms with van der Waals surface area (Å²) in [7, 11) is 0. The Balaban J connectivity index is 2.42. The Hall–Kier alpha value is -1.68. The third kappa shape index (κ3) is 3.50. The number of rotatable bonds is 2. The highest BCUT2D eigenvalue weighted by molar-refractivity contribution is 6.31. The van der Waals surface area contributed by atoms with Gasteiger partial charge < -0.3 is 5.32 Å². The van der Waals surface area contributed by atoms with Crippen LogP contribution in [-0.4, -0.2) is 0 Å². The molecule has 0 amide bonds. The second kappa shape index (κ2) is 5.60. The standard InChI is InChI=1S/C16H15ClF3N/c1-9-6-10(2)15(11(3)7-9)21-12-4-5-14(17)13(8-12)16(18,19)20/h4-8,21H,1-3H3. The first-order valence-corrected chi connectivity index (χ1v) is 6.78. The third-order valence-electron chi connectivity index (χ3n) is 3.22. The monoisotopic (exact) mass is 313 g/mol. The number of benzene rings is 2.